The minimum Gasteiger partial charge on any atom is -0.350 e. The Morgan fingerprint density at radius 1 is 1.16 bits per heavy atom. The summed E-state index contributed by atoms with van der Waals surface area (Å²) in [6.45, 7) is 2.38. The Morgan fingerprint density at radius 2 is 1.84 bits per heavy atom. The summed E-state index contributed by atoms with van der Waals surface area (Å²) in [5.41, 5.74) is 1.28. The summed E-state index contributed by atoms with van der Waals surface area (Å²) in [5, 5.41) is 2.95. The van der Waals surface area contributed by atoms with Gasteiger partial charge in [-0.1, -0.05) is 12.1 Å². The van der Waals surface area contributed by atoms with E-state index in [9.17, 15) is 14.0 Å². The third-order valence-corrected chi connectivity index (χ3v) is 4.64. The number of aromatic nitrogens is 1. The van der Waals surface area contributed by atoms with Crippen LogP contribution in [-0.2, 0) is 7.05 Å². The SMILES string of the molecule is Cn1cc(C(=O)NCC(c2ccc(F)cc2)N2CCCC2)ccc1=O. The molecule has 3 rings (SSSR count). The van der Waals surface area contributed by atoms with E-state index >= 15 is 0 Å². The number of likely N-dealkylation sites (tertiary alicyclic amines) is 1. The zero-order valence-corrected chi connectivity index (χ0v) is 14.2. The van der Waals surface area contributed by atoms with Gasteiger partial charge >= 0.3 is 0 Å². The predicted octanol–water partition coefficient (Wildman–Crippen LogP) is 2.09. The first-order valence-electron chi connectivity index (χ1n) is 8.49. The molecule has 1 aliphatic rings. The molecule has 1 atom stereocenters. The fourth-order valence-electron chi connectivity index (χ4n) is 3.22. The predicted molar refractivity (Wildman–Crippen MR) is 94.0 cm³/mol. The van der Waals surface area contributed by atoms with Gasteiger partial charge in [-0.15, -0.1) is 0 Å². The van der Waals surface area contributed by atoms with E-state index in [0.717, 1.165) is 31.5 Å². The molecule has 25 heavy (non-hydrogen) atoms. The molecular formula is C19H22FN3O2. The van der Waals surface area contributed by atoms with Crippen LogP contribution in [0.2, 0.25) is 0 Å². The molecule has 1 aromatic heterocycles. The summed E-state index contributed by atoms with van der Waals surface area (Å²) in [6.07, 6.45) is 3.79. The second-order valence-electron chi connectivity index (χ2n) is 6.39. The van der Waals surface area contributed by atoms with Crippen molar-refractivity contribution in [3.05, 3.63) is 69.9 Å². The number of rotatable bonds is 5. The van der Waals surface area contributed by atoms with Gasteiger partial charge in [0.25, 0.3) is 5.91 Å². The number of amides is 1. The number of benzene rings is 1. The first-order chi connectivity index (χ1) is 12.0. The zero-order chi connectivity index (χ0) is 17.8. The molecule has 2 heterocycles. The maximum absolute atomic E-state index is 13.2. The number of pyridine rings is 1. The van der Waals surface area contributed by atoms with E-state index in [1.165, 1.54) is 35.0 Å². The molecular weight excluding hydrogens is 321 g/mol. The van der Waals surface area contributed by atoms with Gasteiger partial charge in [-0.2, -0.15) is 0 Å². The smallest absolute Gasteiger partial charge is 0.252 e. The third-order valence-electron chi connectivity index (χ3n) is 4.64. The molecule has 5 nitrogen and oxygen atoms in total. The van der Waals surface area contributed by atoms with E-state index in [1.54, 1.807) is 19.2 Å². The Morgan fingerprint density at radius 3 is 2.48 bits per heavy atom. The van der Waals surface area contributed by atoms with Crippen molar-refractivity contribution >= 4 is 5.91 Å². The normalized spacial score (nSPS) is 15.9. The Kier molecular flexibility index (Phi) is 5.28. The Bertz CT molecular complexity index is 795. The molecule has 0 bridgehead atoms. The highest BCUT2D eigenvalue weighted by molar-refractivity contribution is 5.93. The highest BCUT2D eigenvalue weighted by Gasteiger charge is 2.24. The average molecular weight is 343 g/mol. The molecule has 1 fully saturated rings. The molecule has 132 valence electrons. The van der Waals surface area contributed by atoms with Crippen molar-refractivity contribution in [2.45, 2.75) is 18.9 Å². The lowest BCUT2D eigenvalue weighted by atomic mass is 10.1. The van der Waals surface area contributed by atoms with E-state index < -0.39 is 0 Å². The molecule has 1 saturated heterocycles. The van der Waals surface area contributed by atoms with Crippen LogP contribution < -0.4 is 10.9 Å². The molecule has 0 spiro atoms. The number of aryl methyl sites for hydroxylation is 1. The lowest BCUT2D eigenvalue weighted by Crippen LogP contribution is -2.37. The van der Waals surface area contributed by atoms with Crippen molar-refractivity contribution in [3.63, 3.8) is 0 Å². The summed E-state index contributed by atoms with van der Waals surface area (Å²) in [7, 11) is 1.62. The van der Waals surface area contributed by atoms with Crippen LogP contribution in [0.4, 0.5) is 4.39 Å². The van der Waals surface area contributed by atoms with Gasteiger partial charge in [0.2, 0.25) is 5.56 Å². The minimum absolute atomic E-state index is 0.0135. The molecule has 2 aromatic rings. The quantitative estimate of drug-likeness (QED) is 0.904. The first kappa shape index (κ1) is 17.4. The fourth-order valence-corrected chi connectivity index (χ4v) is 3.22. The standard InChI is InChI=1S/C19H22FN3O2/c1-22-13-15(6-9-18(22)24)19(25)21-12-17(23-10-2-3-11-23)14-4-7-16(20)8-5-14/h4-9,13,17H,2-3,10-12H2,1H3,(H,21,25). The number of nitrogens with one attached hydrogen (secondary N) is 1. The summed E-state index contributed by atoms with van der Waals surface area (Å²) in [4.78, 5) is 26.2. The summed E-state index contributed by atoms with van der Waals surface area (Å²) < 4.78 is 14.6. The van der Waals surface area contributed by atoms with Crippen LogP contribution in [0.25, 0.3) is 0 Å². The van der Waals surface area contributed by atoms with Gasteiger partial charge in [-0.25, -0.2) is 4.39 Å². The molecule has 0 radical (unpaired) electrons. The van der Waals surface area contributed by atoms with Gasteiger partial charge in [0.05, 0.1) is 11.6 Å². The van der Waals surface area contributed by atoms with Gasteiger partial charge in [-0.3, -0.25) is 14.5 Å². The van der Waals surface area contributed by atoms with E-state index in [2.05, 4.69) is 10.2 Å². The highest BCUT2D eigenvalue weighted by atomic mass is 19.1. The Hall–Kier alpha value is -2.47. The maximum Gasteiger partial charge on any atom is 0.252 e. The molecule has 1 amide bonds. The van der Waals surface area contributed by atoms with Crippen molar-refractivity contribution in [2.75, 3.05) is 19.6 Å². The maximum atomic E-state index is 13.2. The third kappa shape index (κ3) is 4.14. The van der Waals surface area contributed by atoms with Crippen LogP contribution >= 0.6 is 0 Å². The fraction of sp³-hybridized carbons (Fsp3) is 0.368. The molecule has 1 N–H and O–H groups in total. The lowest BCUT2D eigenvalue weighted by Gasteiger charge is -2.28. The number of carbonyl (C=O) groups excluding carboxylic acids is 1. The van der Waals surface area contributed by atoms with Gasteiger partial charge in [0.15, 0.2) is 0 Å². The molecule has 1 aromatic carbocycles. The average Bonchev–Trinajstić information content (AvgIpc) is 3.13. The number of carbonyl (C=O) groups is 1. The highest BCUT2D eigenvalue weighted by Crippen LogP contribution is 2.24. The van der Waals surface area contributed by atoms with Gasteiger partial charge < -0.3 is 9.88 Å². The number of nitrogens with zero attached hydrogens (tertiary/aromatic N) is 2. The number of halogens is 1. The van der Waals surface area contributed by atoms with Crippen LogP contribution in [0.15, 0.2) is 47.4 Å². The second-order valence-corrected chi connectivity index (χ2v) is 6.39. The largest absolute Gasteiger partial charge is 0.350 e. The van der Waals surface area contributed by atoms with Crippen molar-refractivity contribution in [3.8, 4) is 0 Å². The van der Waals surface area contributed by atoms with Crippen molar-refractivity contribution < 1.29 is 9.18 Å². The van der Waals surface area contributed by atoms with Gasteiger partial charge in [0.1, 0.15) is 5.82 Å². The summed E-state index contributed by atoms with van der Waals surface area (Å²) >= 11 is 0. The molecule has 0 aliphatic carbocycles. The van der Waals surface area contributed by atoms with Crippen LogP contribution in [0, 0.1) is 5.82 Å². The number of hydrogen-bond donors (Lipinski definition) is 1. The van der Waals surface area contributed by atoms with Gasteiger partial charge in [-0.05, 0) is 49.7 Å². The molecule has 1 unspecified atom stereocenters. The van der Waals surface area contributed by atoms with Crippen LogP contribution in [0.3, 0.4) is 0 Å². The Balaban J connectivity index is 1.73. The van der Waals surface area contributed by atoms with Crippen molar-refractivity contribution in [1.29, 1.82) is 0 Å². The van der Waals surface area contributed by atoms with E-state index in [-0.39, 0.29) is 23.3 Å². The van der Waals surface area contributed by atoms with Crippen LogP contribution in [0.1, 0.15) is 34.8 Å². The second kappa shape index (κ2) is 7.61. The van der Waals surface area contributed by atoms with Crippen LogP contribution in [-0.4, -0.2) is 35.0 Å². The monoisotopic (exact) mass is 343 g/mol. The lowest BCUT2D eigenvalue weighted by molar-refractivity contribution is 0.0937. The number of hydrogen-bond acceptors (Lipinski definition) is 3. The molecule has 0 saturated carbocycles. The van der Waals surface area contributed by atoms with E-state index in [4.69, 9.17) is 0 Å². The minimum atomic E-state index is -0.266. The first-order valence-corrected chi connectivity index (χ1v) is 8.49. The van der Waals surface area contributed by atoms with Crippen molar-refractivity contribution in [2.24, 2.45) is 7.05 Å². The van der Waals surface area contributed by atoms with Crippen molar-refractivity contribution in [1.82, 2.24) is 14.8 Å². The Labute approximate surface area is 146 Å². The molecule has 1 aliphatic heterocycles. The van der Waals surface area contributed by atoms with Gasteiger partial charge in [0, 0.05) is 25.9 Å². The van der Waals surface area contributed by atoms with E-state index in [0.29, 0.717) is 12.1 Å². The molecule has 6 heteroatoms. The van der Waals surface area contributed by atoms with E-state index in [1.807, 2.05) is 0 Å². The summed E-state index contributed by atoms with van der Waals surface area (Å²) in [6, 6.07) is 9.38. The summed E-state index contributed by atoms with van der Waals surface area (Å²) in [5.74, 6) is -0.486. The van der Waals surface area contributed by atoms with Crippen LogP contribution in [0.5, 0.6) is 0 Å². The topological polar surface area (TPSA) is 54.3 Å². The zero-order valence-electron chi connectivity index (χ0n) is 14.2.